The summed E-state index contributed by atoms with van der Waals surface area (Å²) in [4.78, 5) is 10.5. The summed E-state index contributed by atoms with van der Waals surface area (Å²) in [5.41, 5.74) is 0.574. The lowest BCUT2D eigenvalue weighted by atomic mass is 10.1. The van der Waals surface area contributed by atoms with Gasteiger partial charge in [-0.05, 0) is 25.5 Å². The number of halogens is 1. The summed E-state index contributed by atoms with van der Waals surface area (Å²) in [6, 6.07) is 4.79. The van der Waals surface area contributed by atoms with Crippen molar-refractivity contribution >= 4 is 23.0 Å². The predicted molar refractivity (Wildman–Crippen MR) is 80.0 cm³/mol. The first kappa shape index (κ1) is 15.8. The van der Waals surface area contributed by atoms with E-state index >= 15 is 0 Å². The van der Waals surface area contributed by atoms with Crippen LogP contribution >= 0.6 is 11.6 Å². The van der Waals surface area contributed by atoms with E-state index in [1.807, 2.05) is 6.92 Å². The van der Waals surface area contributed by atoms with Gasteiger partial charge in [-0.1, -0.05) is 44.2 Å². The van der Waals surface area contributed by atoms with E-state index in [0.717, 1.165) is 12.8 Å². The molecule has 0 saturated heterocycles. The first-order valence-electron chi connectivity index (χ1n) is 6.75. The van der Waals surface area contributed by atoms with Crippen molar-refractivity contribution in [3.63, 3.8) is 0 Å². The molecule has 0 aliphatic carbocycles. The van der Waals surface area contributed by atoms with Gasteiger partial charge in [-0.2, -0.15) is 0 Å². The molecule has 1 N–H and O–H groups in total. The van der Waals surface area contributed by atoms with E-state index in [0.29, 0.717) is 10.7 Å². The molecule has 1 rings (SSSR count). The number of nitro benzene ring substituents is 1. The van der Waals surface area contributed by atoms with Crippen LogP contribution in [0.5, 0.6) is 0 Å². The Morgan fingerprint density at radius 2 is 2.11 bits per heavy atom. The molecule has 1 unspecified atom stereocenters. The van der Waals surface area contributed by atoms with Crippen molar-refractivity contribution in [2.45, 2.75) is 52.0 Å². The molecule has 0 aliphatic heterocycles. The minimum atomic E-state index is -0.386. The first-order valence-corrected chi connectivity index (χ1v) is 7.13. The summed E-state index contributed by atoms with van der Waals surface area (Å²) in [6.45, 7) is 4.22. The number of benzene rings is 1. The number of hydrogen-bond donors (Lipinski definition) is 1. The molecule has 5 heteroatoms. The molecule has 1 aromatic carbocycles. The van der Waals surface area contributed by atoms with Gasteiger partial charge in [-0.25, -0.2) is 0 Å². The number of hydrogen-bond acceptors (Lipinski definition) is 3. The minimum absolute atomic E-state index is 0.0739. The highest BCUT2D eigenvalue weighted by Crippen LogP contribution is 2.28. The Morgan fingerprint density at radius 1 is 1.37 bits per heavy atom. The zero-order valence-corrected chi connectivity index (χ0v) is 12.2. The number of nitrogens with zero attached hydrogens (tertiary/aromatic N) is 1. The normalized spacial score (nSPS) is 12.2. The summed E-state index contributed by atoms with van der Waals surface area (Å²) in [5.74, 6) is 0. The lowest BCUT2D eigenvalue weighted by Crippen LogP contribution is -2.15. The molecule has 1 atom stereocenters. The molecular weight excluding hydrogens is 264 g/mol. The smallest absolute Gasteiger partial charge is 0.292 e. The van der Waals surface area contributed by atoms with Crippen LogP contribution < -0.4 is 5.32 Å². The van der Waals surface area contributed by atoms with Gasteiger partial charge in [-0.3, -0.25) is 10.1 Å². The van der Waals surface area contributed by atoms with Gasteiger partial charge >= 0.3 is 0 Å². The van der Waals surface area contributed by atoms with Crippen LogP contribution in [0.3, 0.4) is 0 Å². The molecule has 0 spiro atoms. The van der Waals surface area contributed by atoms with Gasteiger partial charge in [0.25, 0.3) is 5.69 Å². The lowest BCUT2D eigenvalue weighted by Gasteiger charge is -2.15. The molecule has 0 fully saturated rings. The van der Waals surface area contributed by atoms with E-state index in [1.54, 1.807) is 6.07 Å². The molecule has 19 heavy (non-hydrogen) atoms. The average Bonchev–Trinajstić information content (AvgIpc) is 2.34. The Kier molecular flexibility index (Phi) is 6.64. The number of nitrogens with one attached hydrogen (secondary N) is 1. The van der Waals surface area contributed by atoms with E-state index in [-0.39, 0.29) is 16.7 Å². The average molecular weight is 285 g/mol. The fourth-order valence-electron chi connectivity index (χ4n) is 2.00. The van der Waals surface area contributed by atoms with Gasteiger partial charge in [0.15, 0.2) is 0 Å². The molecule has 1 aromatic rings. The Labute approximate surface area is 119 Å². The highest BCUT2D eigenvalue weighted by atomic mass is 35.5. The molecule has 0 aromatic heterocycles. The van der Waals surface area contributed by atoms with Crippen LogP contribution in [0.1, 0.15) is 46.0 Å². The van der Waals surface area contributed by atoms with E-state index in [1.165, 1.54) is 31.4 Å². The maximum absolute atomic E-state index is 10.9. The highest BCUT2D eigenvalue weighted by molar-refractivity contribution is 6.31. The molecule has 106 valence electrons. The standard InChI is InChI=1S/C14H21ClN2O2/c1-3-4-5-6-7-11(2)16-13-10-12(15)8-9-14(13)17(18)19/h8-11,16H,3-7H2,1-2H3. The van der Waals surface area contributed by atoms with Crippen LogP contribution in [0.15, 0.2) is 18.2 Å². The second-order valence-electron chi connectivity index (χ2n) is 4.81. The second kappa shape index (κ2) is 8.00. The van der Waals surface area contributed by atoms with Gasteiger partial charge in [0.2, 0.25) is 0 Å². The zero-order valence-electron chi connectivity index (χ0n) is 11.5. The largest absolute Gasteiger partial charge is 0.377 e. The van der Waals surface area contributed by atoms with Crippen LogP contribution in [0.4, 0.5) is 11.4 Å². The summed E-state index contributed by atoms with van der Waals surface area (Å²) >= 11 is 5.89. The fourth-order valence-corrected chi connectivity index (χ4v) is 2.17. The third-order valence-corrected chi connectivity index (χ3v) is 3.28. The predicted octanol–water partition coefficient (Wildman–Crippen LogP) is 5.02. The molecule has 0 saturated carbocycles. The van der Waals surface area contributed by atoms with Crippen LogP contribution in [0.25, 0.3) is 0 Å². The molecule has 4 nitrogen and oxygen atoms in total. The summed E-state index contributed by atoms with van der Waals surface area (Å²) in [5, 5.41) is 14.6. The van der Waals surface area contributed by atoms with Gasteiger partial charge < -0.3 is 5.32 Å². The van der Waals surface area contributed by atoms with E-state index in [2.05, 4.69) is 12.2 Å². The Balaban J connectivity index is 2.60. The first-order chi connectivity index (χ1) is 9.04. The van der Waals surface area contributed by atoms with Crippen molar-refractivity contribution in [1.82, 2.24) is 0 Å². The van der Waals surface area contributed by atoms with Gasteiger partial charge in [-0.15, -0.1) is 0 Å². The monoisotopic (exact) mass is 284 g/mol. The molecular formula is C14H21ClN2O2. The Morgan fingerprint density at radius 3 is 2.74 bits per heavy atom. The topological polar surface area (TPSA) is 55.2 Å². The second-order valence-corrected chi connectivity index (χ2v) is 5.25. The maximum atomic E-state index is 10.9. The van der Waals surface area contributed by atoms with E-state index in [4.69, 9.17) is 11.6 Å². The van der Waals surface area contributed by atoms with Crippen molar-refractivity contribution in [3.05, 3.63) is 33.3 Å². The molecule has 0 amide bonds. The number of nitro groups is 1. The van der Waals surface area contributed by atoms with Gasteiger partial charge in [0.1, 0.15) is 5.69 Å². The van der Waals surface area contributed by atoms with Crippen molar-refractivity contribution in [2.75, 3.05) is 5.32 Å². The quantitative estimate of drug-likeness (QED) is 0.414. The van der Waals surface area contributed by atoms with Crippen molar-refractivity contribution in [3.8, 4) is 0 Å². The van der Waals surface area contributed by atoms with Gasteiger partial charge in [0, 0.05) is 17.1 Å². The summed E-state index contributed by atoms with van der Waals surface area (Å²) in [6.07, 6.45) is 5.80. The summed E-state index contributed by atoms with van der Waals surface area (Å²) < 4.78 is 0. The number of anilines is 1. The van der Waals surface area contributed by atoms with Crippen molar-refractivity contribution < 1.29 is 4.92 Å². The maximum Gasteiger partial charge on any atom is 0.292 e. The summed E-state index contributed by atoms with van der Waals surface area (Å²) in [7, 11) is 0. The molecule has 0 heterocycles. The zero-order chi connectivity index (χ0) is 14.3. The van der Waals surface area contributed by atoms with Crippen LogP contribution in [-0.4, -0.2) is 11.0 Å². The molecule has 0 radical (unpaired) electrons. The number of rotatable bonds is 8. The minimum Gasteiger partial charge on any atom is -0.377 e. The Bertz CT molecular complexity index is 424. The molecule has 0 bridgehead atoms. The van der Waals surface area contributed by atoms with E-state index in [9.17, 15) is 10.1 Å². The lowest BCUT2D eigenvalue weighted by molar-refractivity contribution is -0.384. The third kappa shape index (κ3) is 5.47. The fraction of sp³-hybridized carbons (Fsp3) is 0.571. The number of unbranched alkanes of at least 4 members (excludes halogenated alkanes) is 3. The Hall–Kier alpha value is -1.29. The van der Waals surface area contributed by atoms with E-state index < -0.39 is 0 Å². The third-order valence-electron chi connectivity index (χ3n) is 3.05. The van der Waals surface area contributed by atoms with Gasteiger partial charge in [0.05, 0.1) is 4.92 Å². The van der Waals surface area contributed by atoms with Crippen molar-refractivity contribution in [1.29, 1.82) is 0 Å². The molecule has 0 aliphatic rings. The highest BCUT2D eigenvalue weighted by Gasteiger charge is 2.15. The van der Waals surface area contributed by atoms with Crippen LogP contribution in [0, 0.1) is 10.1 Å². The van der Waals surface area contributed by atoms with Crippen molar-refractivity contribution in [2.24, 2.45) is 0 Å². The van der Waals surface area contributed by atoms with Crippen LogP contribution in [0.2, 0.25) is 5.02 Å². The van der Waals surface area contributed by atoms with Crippen LogP contribution in [-0.2, 0) is 0 Å². The SMILES string of the molecule is CCCCCCC(C)Nc1cc(Cl)ccc1[N+](=O)[O-].